The molecule has 0 unspecified atom stereocenters. The zero-order valence-electron chi connectivity index (χ0n) is 24.4. The van der Waals surface area contributed by atoms with Crippen LogP contribution in [0, 0.1) is 0 Å². The lowest BCUT2D eigenvalue weighted by atomic mass is 9.75. The van der Waals surface area contributed by atoms with Gasteiger partial charge in [0.15, 0.2) is 11.5 Å². The Bertz CT molecular complexity index is 1390. The van der Waals surface area contributed by atoms with Gasteiger partial charge in [0.2, 0.25) is 0 Å². The first-order chi connectivity index (χ1) is 19.8. The number of methoxy groups -OCH3 is 1. The minimum absolute atomic E-state index is 0.0285. The molecule has 3 aromatic rings. The van der Waals surface area contributed by atoms with Crippen molar-refractivity contribution in [1.82, 2.24) is 10.2 Å². The van der Waals surface area contributed by atoms with E-state index < -0.39 is 5.66 Å². The van der Waals surface area contributed by atoms with E-state index >= 15 is 0 Å². The number of nitrogens with one attached hydrogen (secondary N) is 1. The van der Waals surface area contributed by atoms with Gasteiger partial charge < -0.3 is 30.2 Å². The lowest BCUT2D eigenvalue weighted by Gasteiger charge is -2.46. The van der Waals surface area contributed by atoms with Crippen LogP contribution in [-0.2, 0) is 11.3 Å². The van der Waals surface area contributed by atoms with Crippen LogP contribution in [0.15, 0.2) is 71.7 Å². The van der Waals surface area contributed by atoms with Gasteiger partial charge in [0.1, 0.15) is 5.66 Å². The number of likely N-dealkylation sites (N-methyl/N-ethyl adjacent to an activating group) is 1. The summed E-state index contributed by atoms with van der Waals surface area (Å²) in [6.07, 6.45) is 0.748. The molecule has 3 atom stereocenters. The predicted molar refractivity (Wildman–Crippen MR) is 161 cm³/mol. The number of aliphatic imine (C=N–C) groups is 1. The van der Waals surface area contributed by atoms with Crippen LogP contribution in [-0.4, -0.2) is 68.7 Å². The van der Waals surface area contributed by atoms with Gasteiger partial charge in [0.05, 0.1) is 32.6 Å². The number of rotatable bonds is 10. The summed E-state index contributed by atoms with van der Waals surface area (Å²) in [5.41, 5.74) is 11.8. The highest BCUT2D eigenvalue weighted by Gasteiger charge is 2.45. The van der Waals surface area contributed by atoms with Crippen molar-refractivity contribution in [3.05, 3.63) is 94.5 Å². The van der Waals surface area contributed by atoms with E-state index in [1.54, 1.807) is 7.11 Å². The van der Waals surface area contributed by atoms with E-state index in [0.29, 0.717) is 36.9 Å². The summed E-state index contributed by atoms with van der Waals surface area (Å²) in [6.45, 7) is 7.06. The second kappa shape index (κ2) is 12.4. The number of carbonyl (C=O) groups is 1. The molecule has 0 aliphatic carbocycles. The fourth-order valence-corrected chi connectivity index (χ4v) is 5.65. The number of hydrogen-bond donors (Lipinski definition) is 2. The van der Waals surface area contributed by atoms with Crippen molar-refractivity contribution in [3.63, 3.8) is 0 Å². The molecule has 2 aliphatic rings. The van der Waals surface area contributed by atoms with E-state index in [2.05, 4.69) is 23.3 Å². The highest BCUT2D eigenvalue weighted by molar-refractivity contribution is 6.15. The van der Waals surface area contributed by atoms with Crippen LogP contribution < -0.4 is 20.5 Å². The van der Waals surface area contributed by atoms with Gasteiger partial charge in [0.25, 0.3) is 5.91 Å². The Morgan fingerprint density at radius 2 is 1.90 bits per heavy atom. The number of amides is 1. The van der Waals surface area contributed by atoms with E-state index in [4.69, 9.17) is 24.9 Å². The van der Waals surface area contributed by atoms with Crippen LogP contribution in [0.5, 0.6) is 11.5 Å². The van der Waals surface area contributed by atoms with Gasteiger partial charge in [-0.3, -0.25) is 9.79 Å². The van der Waals surface area contributed by atoms with Crippen molar-refractivity contribution in [1.29, 1.82) is 0 Å². The second-order valence-corrected chi connectivity index (χ2v) is 11.0. The zero-order chi connectivity index (χ0) is 29.0. The summed E-state index contributed by atoms with van der Waals surface area (Å²) < 4.78 is 17.4. The van der Waals surface area contributed by atoms with Gasteiger partial charge in [-0.15, -0.1) is 0 Å². The lowest BCUT2D eigenvalue weighted by molar-refractivity contribution is 0.0820. The monoisotopic (exact) mass is 556 g/mol. The highest BCUT2D eigenvalue weighted by Crippen LogP contribution is 2.45. The molecule has 2 aliphatic heterocycles. The molecule has 0 spiro atoms. The van der Waals surface area contributed by atoms with Crippen LogP contribution in [0.2, 0.25) is 0 Å². The molecular weight excluding hydrogens is 516 g/mol. The summed E-state index contributed by atoms with van der Waals surface area (Å²) in [5, 5.41) is 3.03. The van der Waals surface area contributed by atoms with E-state index in [-0.39, 0.29) is 17.9 Å². The molecule has 0 bridgehead atoms. The lowest BCUT2D eigenvalue weighted by Crippen LogP contribution is -2.56. The zero-order valence-corrected chi connectivity index (χ0v) is 24.4. The van der Waals surface area contributed by atoms with E-state index in [0.717, 1.165) is 47.5 Å². The molecule has 2 heterocycles. The molecule has 8 nitrogen and oxygen atoms in total. The Kier molecular flexibility index (Phi) is 8.73. The number of hydrogen-bond acceptors (Lipinski definition) is 7. The minimum Gasteiger partial charge on any atom is -0.493 e. The Morgan fingerprint density at radius 3 is 2.61 bits per heavy atom. The average molecular weight is 557 g/mol. The number of nitrogens with two attached hydrogens (primary N) is 1. The number of piperidine rings is 1. The Balaban J connectivity index is 1.35. The van der Waals surface area contributed by atoms with Crippen molar-refractivity contribution >= 4 is 11.6 Å². The van der Waals surface area contributed by atoms with Gasteiger partial charge >= 0.3 is 0 Å². The summed E-state index contributed by atoms with van der Waals surface area (Å²) in [4.78, 5) is 20.4. The van der Waals surface area contributed by atoms with Crippen molar-refractivity contribution < 1.29 is 19.0 Å². The SMILES string of the molecule is CCOc1cc2c(cc1OC)C(c1ccc(C(=O)N[C@@H](C)COCc3ccccc3)cc1)=N[C@]1(N)CCN(C)C[C@H]21. The first-order valence-electron chi connectivity index (χ1n) is 14.3. The molecule has 0 radical (unpaired) electrons. The van der Waals surface area contributed by atoms with Crippen LogP contribution in [0.25, 0.3) is 0 Å². The number of carbonyl (C=O) groups excluding carboxylic acids is 1. The summed E-state index contributed by atoms with van der Waals surface area (Å²) in [6, 6.07) is 21.5. The fourth-order valence-electron chi connectivity index (χ4n) is 5.65. The number of benzene rings is 3. The van der Waals surface area contributed by atoms with E-state index in [1.807, 2.05) is 74.5 Å². The first kappa shape index (κ1) is 28.8. The predicted octanol–water partition coefficient (Wildman–Crippen LogP) is 4.35. The van der Waals surface area contributed by atoms with Gasteiger partial charge in [0, 0.05) is 41.7 Å². The Labute approximate surface area is 242 Å². The minimum atomic E-state index is -0.724. The van der Waals surface area contributed by atoms with Crippen molar-refractivity contribution in [2.24, 2.45) is 10.7 Å². The molecule has 3 N–H and O–H groups in total. The molecule has 41 heavy (non-hydrogen) atoms. The number of fused-ring (bicyclic) bond motifs is 3. The maximum Gasteiger partial charge on any atom is 0.251 e. The van der Waals surface area contributed by atoms with Crippen LogP contribution >= 0.6 is 0 Å². The Morgan fingerprint density at radius 1 is 1.15 bits per heavy atom. The molecular formula is C33H40N4O4. The standard InChI is InChI=1S/C33H40N4O4/c1-5-41-30-17-26-27(18-29(30)39-4)31(36-33(34)15-16-37(3)19-28(26)33)24-11-13-25(14-12-24)32(38)35-22(2)20-40-21-23-9-7-6-8-10-23/h6-14,17-18,22,28H,5,15-16,19-21,34H2,1-4H3,(H,35,38)/t22-,28+,33+/m0/s1. The maximum absolute atomic E-state index is 13.0. The summed E-state index contributed by atoms with van der Waals surface area (Å²) in [7, 11) is 3.76. The third kappa shape index (κ3) is 6.30. The smallest absolute Gasteiger partial charge is 0.251 e. The van der Waals surface area contributed by atoms with Gasteiger partial charge in [-0.2, -0.15) is 0 Å². The molecule has 3 aromatic carbocycles. The number of nitrogens with zero attached hydrogens (tertiary/aromatic N) is 2. The van der Waals surface area contributed by atoms with Gasteiger partial charge in [-0.1, -0.05) is 42.5 Å². The highest BCUT2D eigenvalue weighted by atomic mass is 16.5. The van der Waals surface area contributed by atoms with Gasteiger partial charge in [-0.25, -0.2) is 0 Å². The van der Waals surface area contributed by atoms with E-state index in [9.17, 15) is 4.79 Å². The van der Waals surface area contributed by atoms with Crippen molar-refractivity contribution in [3.8, 4) is 11.5 Å². The average Bonchev–Trinajstić information content (AvgIpc) is 2.98. The molecule has 5 rings (SSSR count). The molecule has 8 heteroatoms. The van der Waals surface area contributed by atoms with Crippen LogP contribution in [0.4, 0.5) is 0 Å². The van der Waals surface area contributed by atoms with Crippen LogP contribution in [0.1, 0.15) is 58.8 Å². The number of ether oxygens (including phenoxy) is 3. The molecule has 0 saturated carbocycles. The molecule has 1 saturated heterocycles. The molecule has 1 fully saturated rings. The Hall–Kier alpha value is -3.72. The molecule has 0 aromatic heterocycles. The van der Waals surface area contributed by atoms with Crippen molar-refractivity contribution in [2.75, 3.05) is 40.5 Å². The topological polar surface area (TPSA) is 98.4 Å². The molecule has 1 amide bonds. The first-order valence-corrected chi connectivity index (χ1v) is 14.3. The van der Waals surface area contributed by atoms with E-state index in [1.165, 1.54) is 0 Å². The van der Waals surface area contributed by atoms with Crippen molar-refractivity contribution in [2.45, 2.75) is 44.5 Å². The van der Waals surface area contributed by atoms with Gasteiger partial charge in [-0.05, 0) is 62.7 Å². The normalized spacial score (nSPS) is 20.8. The number of likely N-dealkylation sites (tertiary alicyclic amines) is 1. The summed E-state index contributed by atoms with van der Waals surface area (Å²) in [5.74, 6) is 1.25. The quantitative estimate of drug-likeness (QED) is 0.385. The fraction of sp³-hybridized carbons (Fsp3) is 0.394. The second-order valence-electron chi connectivity index (χ2n) is 11.0. The van der Waals surface area contributed by atoms with Crippen LogP contribution in [0.3, 0.4) is 0 Å². The third-order valence-electron chi connectivity index (χ3n) is 7.86. The third-order valence-corrected chi connectivity index (χ3v) is 7.86. The largest absolute Gasteiger partial charge is 0.493 e. The summed E-state index contributed by atoms with van der Waals surface area (Å²) >= 11 is 0. The maximum atomic E-state index is 13.0. The molecule has 216 valence electrons.